The lowest BCUT2D eigenvalue weighted by atomic mass is 10.2. The summed E-state index contributed by atoms with van der Waals surface area (Å²) in [5.41, 5.74) is 4.08. The molecule has 0 spiro atoms. The third-order valence-corrected chi connectivity index (χ3v) is 4.56. The molecule has 0 aliphatic heterocycles. The van der Waals surface area contributed by atoms with Gasteiger partial charge in [-0.1, -0.05) is 24.6 Å². The van der Waals surface area contributed by atoms with E-state index in [0.29, 0.717) is 5.15 Å². The van der Waals surface area contributed by atoms with Gasteiger partial charge in [-0.05, 0) is 43.3 Å². The monoisotopic (exact) mass is 318 g/mol. The van der Waals surface area contributed by atoms with Gasteiger partial charge in [0.2, 0.25) is 0 Å². The number of benzene rings is 1. The molecular formula is C15H15ClN4S. The van der Waals surface area contributed by atoms with E-state index in [4.69, 9.17) is 11.6 Å². The molecule has 21 heavy (non-hydrogen) atoms. The molecule has 0 aliphatic carbocycles. The number of H-pyrrole nitrogens is 1. The van der Waals surface area contributed by atoms with Crippen LogP contribution >= 0.6 is 23.4 Å². The Morgan fingerprint density at radius 2 is 2.00 bits per heavy atom. The molecule has 3 aromatic rings. The Balaban J connectivity index is 2.00. The van der Waals surface area contributed by atoms with Crippen LogP contribution in [0.5, 0.6) is 0 Å². The van der Waals surface area contributed by atoms with Gasteiger partial charge in [0.1, 0.15) is 16.0 Å². The Morgan fingerprint density at radius 1 is 1.19 bits per heavy atom. The summed E-state index contributed by atoms with van der Waals surface area (Å²) in [7, 11) is 0. The van der Waals surface area contributed by atoms with E-state index in [1.807, 2.05) is 19.9 Å². The molecule has 0 amide bonds. The van der Waals surface area contributed by atoms with Crippen LogP contribution in [0.1, 0.15) is 23.9 Å². The first kappa shape index (κ1) is 14.4. The van der Waals surface area contributed by atoms with Gasteiger partial charge in [0.05, 0.1) is 11.0 Å². The first-order valence-electron chi connectivity index (χ1n) is 6.74. The molecule has 1 aromatic carbocycles. The summed E-state index contributed by atoms with van der Waals surface area (Å²) in [6.45, 7) is 6.01. The molecule has 0 saturated heterocycles. The van der Waals surface area contributed by atoms with Crippen molar-refractivity contribution in [1.82, 2.24) is 19.9 Å². The van der Waals surface area contributed by atoms with Crippen molar-refractivity contribution in [2.24, 2.45) is 0 Å². The number of imidazole rings is 1. The zero-order valence-electron chi connectivity index (χ0n) is 12.1. The lowest BCUT2D eigenvalue weighted by molar-refractivity contribution is 0.869. The first-order chi connectivity index (χ1) is 10.1. The molecule has 0 atom stereocenters. The van der Waals surface area contributed by atoms with Crippen LogP contribution in [0, 0.1) is 13.8 Å². The SMILES string of the molecule is CCc1nc(Cl)c(C)c(Sc2nc3ccc(C)cc3[nH]2)n1. The van der Waals surface area contributed by atoms with E-state index in [1.54, 1.807) is 0 Å². The Kier molecular flexibility index (Phi) is 3.87. The first-order valence-corrected chi connectivity index (χ1v) is 7.93. The van der Waals surface area contributed by atoms with Gasteiger partial charge >= 0.3 is 0 Å². The van der Waals surface area contributed by atoms with Crippen LogP contribution < -0.4 is 0 Å². The van der Waals surface area contributed by atoms with Gasteiger partial charge in [-0.2, -0.15) is 0 Å². The second kappa shape index (κ2) is 5.66. The van der Waals surface area contributed by atoms with Gasteiger partial charge in [0, 0.05) is 12.0 Å². The Bertz CT molecular complexity index is 813. The summed E-state index contributed by atoms with van der Waals surface area (Å²) in [4.78, 5) is 16.7. The number of hydrogen-bond acceptors (Lipinski definition) is 4. The number of fused-ring (bicyclic) bond motifs is 1. The van der Waals surface area contributed by atoms with Gasteiger partial charge in [0.15, 0.2) is 5.16 Å². The largest absolute Gasteiger partial charge is 0.333 e. The maximum Gasteiger partial charge on any atom is 0.172 e. The fourth-order valence-electron chi connectivity index (χ4n) is 2.01. The van der Waals surface area contributed by atoms with Crippen molar-refractivity contribution in [1.29, 1.82) is 0 Å². The number of aromatic nitrogens is 4. The Morgan fingerprint density at radius 3 is 2.76 bits per heavy atom. The average molecular weight is 319 g/mol. The minimum atomic E-state index is 0.510. The van der Waals surface area contributed by atoms with Crippen LogP contribution in [0.25, 0.3) is 11.0 Å². The van der Waals surface area contributed by atoms with Crippen LogP contribution in [-0.2, 0) is 6.42 Å². The summed E-state index contributed by atoms with van der Waals surface area (Å²) in [5.74, 6) is 0.750. The van der Waals surface area contributed by atoms with Crippen molar-refractivity contribution in [3.63, 3.8) is 0 Å². The number of hydrogen-bond donors (Lipinski definition) is 1. The molecule has 6 heteroatoms. The minimum Gasteiger partial charge on any atom is -0.333 e. The zero-order chi connectivity index (χ0) is 15.0. The van der Waals surface area contributed by atoms with Crippen molar-refractivity contribution >= 4 is 34.4 Å². The molecule has 4 nitrogen and oxygen atoms in total. The van der Waals surface area contributed by atoms with Crippen molar-refractivity contribution in [3.05, 3.63) is 40.3 Å². The number of nitrogens with zero attached hydrogens (tertiary/aromatic N) is 3. The molecule has 3 rings (SSSR count). The maximum absolute atomic E-state index is 6.17. The molecule has 0 unspecified atom stereocenters. The molecule has 1 N–H and O–H groups in total. The number of nitrogens with one attached hydrogen (secondary N) is 1. The topological polar surface area (TPSA) is 54.5 Å². The summed E-state index contributed by atoms with van der Waals surface area (Å²) in [5, 5.41) is 2.18. The van der Waals surface area contributed by atoms with Crippen molar-refractivity contribution in [2.75, 3.05) is 0 Å². The van der Waals surface area contributed by atoms with Crippen molar-refractivity contribution < 1.29 is 0 Å². The van der Waals surface area contributed by atoms with E-state index in [9.17, 15) is 0 Å². The molecule has 0 bridgehead atoms. The molecule has 0 aliphatic rings. The van der Waals surface area contributed by atoms with Crippen LogP contribution in [0.2, 0.25) is 5.15 Å². The van der Waals surface area contributed by atoms with Crippen LogP contribution in [0.3, 0.4) is 0 Å². The number of aromatic amines is 1. The van der Waals surface area contributed by atoms with Gasteiger partial charge in [-0.15, -0.1) is 0 Å². The molecule has 2 heterocycles. The summed E-state index contributed by atoms with van der Waals surface area (Å²) in [6.07, 6.45) is 0.757. The molecule has 0 saturated carbocycles. The number of aryl methyl sites for hydroxylation is 2. The van der Waals surface area contributed by atoms with E-state index in [-0.39, 0.29) is 0 Å². The lowest BCUT2D eigenvalue weighted by Gasteiger charge is -2.06. The number of halogens is 1. The second-order valence-corrected chi connectivity index (χ2v) is 6.21. The normalized spacial score (nSPS) is 11.2. The second-order valence-electron chi connectivity index (χ2n) is 4.88. The zero-order valence-corrected chi connectivity index (χ0v) is 13.6. The third-order valence-electron chi connectivity index (χ3n) is 3.21. The van der Waals surface area contributed by atoms with Crippen molar-refractivity contribution in [2.45, 2.75) is 37.4 Å². The van der Waals surface area contributed by atoms with Gasteiger partial charge < -0.3 is 4.98 Å². The quantitative estimate of drug-likeness (QED) is 0.730. The Hall–Kier alpha value is -1.59. The highest BCUT2D eigenvalue weighted by Gasteiger charge is 2.12. The fourth-order valence-corrected chi connectivity index (χ4v) is 3.14. The van der Waals surface area contributed by atoms with Gasteiger partial charge in [0.25, 0.3) is 0 Å². The Labute approximate surface area is 132 Å². The highest BCUT2D eigenvalue weighted by atomic mass is 35.5. The van der Waals surface area contributed by atoms with Crippen LogP contribution in [0.15, 0.2) is 28.4 Å². The highest BCUT2D eigenvalue weighted by Crippen LogP contribution is 2.31. The highest BCUT2D eigenvalue weighted by molar-refractivity contribution is 7.99. The van der Waals surface area contributed by atoms with Gasteiger partial charge in [-0.25, -0.2) is 15.0 Å². The number of rotatable bonds is 3. The maximum atomic E-state index is 6.17. The van der Waals surface area contributed by atoms with Gasteiger partial charge in [-0.3, -0.25) is 0 Å². The summed E-state index contributed by atoms with van der Waals surface area (Å²) < 4.78 is 0. The van der Waals surface area contributed by atoms with Crippen molar-refractivity contribution in [3.8, 4) is 0 Å². The summed E-state index contributed by atoms with van der Waals surface area (Å²) >= 11 is 7.66. The standard InChI is InChI=1S/C15H15ClN4S/c1-4-12-19-13(16)9(3)14(20-12)21-15-17-10-6-5-8(2)7-11(10)18-15/h5-7H,4H2,1-3H3,(H,17,18). The fraction of sp³-hybridized carbons (Fsp3) is 0.267. The van der Waals surface area contributed by atoms with E-state index in [1.165, 1.54) is 17.3 Å². The molecule has 0 fully saturated rings. The predicted octanol–water partition coefficient (Wildman–Crippen LogP) is 4.34. The minimum absolute atomic E-state index is 0.510. The van der Waals surface area contributed by atoms with E-state index >= 15 is 0 Å². The van der Waals surface area contributed by atoms with Crippen LogP contribution in [0.4, 0.5) is 0 Å². The molecule has 2 aromatic heterocycles. The average Bonchev–Trinajstić information content (AvgIpc) is 2.85. The predicted molar refractivity (Wildman–Crippen MR) is 86.1 cm³/mol. The smallest absolute Gasteiger partial charge is 0.172 e. The third kappa shape index (κ3) is 2.89. The lowest BCUT2D eigenvalue weighted by Crippen LogP contribution is -1.98. The molecule has 0 radical (unpaired) electrons. The summed E-state index contributed by atoms with van der Waals surface area (Å²) in [6, 6.07) is 6.16. The van der Waals surface area contributed by atoms with E-state index in [0.717, 1.165) is 39.0 Å². The van der Waals surface area contributed by atoms with E-state index in [2.05, 4.69) is 39.0 Å². The molecule has 108 valence electrons. The molecular weight excluding hydrogens is 304 g/mol. The van der Waals surface area contributed by atoms with E-state index < -0.39 is 0 Å². The van der Waals surface area contributed by atoms with Crippen LogP contribution in [-0.4, -0.2) is 19.9 Å².